The Labute approximate surface area is 137 Å². The molecule has 0 aromatic heterocycles. The average Bonchev–Trinajstić information content (AvgIpc) is 3.20. The van der Waals surface area contributed by atoms with Gasteiger partial charge in [0.1, 0.15) is 6.04 Å². The molecule has 23 heavy (non-hydrogen) atoms. The zero-order chi connectivity index (χ0) is 16.2. The van der Waals surface area contributed by atoms with Crippen LogP contribution in [0.5, 0.6) is 0 Å². The van der Waals surface area contributed by atoms with E-state index in [4.69, 9.17) is 0 Å². The number of benzene rings is 1. The fourth-order valence-corrected chi connectivity index (χ4v) is 3.55. The van der Waals surface area contributed by atoms with Gasteiger partial charge in [0, 0.05) is 18.3 Å². The van der Waals surface area contributed by atoms with Gasteiger partial charge < -0.3 is 15.5 Å². The van der Waals surface area contributed by atoms with E-state index in [0.717, 1.165) is 36.9 Å². The maximum atomic E-state index is 12.6. The number of carbonyl (C=O) groups excluding carboxylic acids is 2. The maximum absolute atomic E-state index is 12.6. The molecule has 1 aromatic rings. The van der Waals surface area contributed by atoms with Crippen LogP contribution in [-0.4, -0.2) is 35.5 Å². The molecule has 2 fully saturated rings. The van der Waals surface area contributed by atoms with Gasteiger partial charge in [0.25, 0.3) is 0 Å². The Hall–Kier alpha value is -2.04. The second-order valence-corrected chi connectivity index (χ2v) is 6.59. The van der Waals surface area contributed by atoms with Crippen molar-refractivity contribution in [2.45, 2.75) is 57.5 Å². The molecule has 1 aliphatic heterocycles. The van der Waals surface area contributed by atoms with Gasteiger partial charge in [-0.05, 0) is 44.2 Å². The Kier molecular flexibility index (Phi) is 4.84. The first-order chi connectivity index (χ1) is 11.1. The van der Waals surface area contributed by atoms with E-state index in [2.05, 4.69) is 10.6 Å². The minimum atomic E-state index is -0.334. The van der Waals surface area contributed by atoms with Crippen LogP contribution in [0.15, 0.2) is 24.3 Å². The van der Waals surface area contributed by atoms with Crippen LogP contribution in [0.3, 0.4) is 0 Å². The summed E-state index contributed by atoms with van der Waals surface area (Å²) in [6, 6.07) is 7.48. The van der Waals surface area contributed by atoms with Crippen LogP contribution in [-0.2, 0) is 4.79 Å². The largest absolute Gasteiger partial charge is 0.352 e. The molecular weight excluding hydrogens is 290 g/mol. The molecular formula is C18H25N3O2. The summed E-state index contributed by atoms with van der Waals surface area (Å²) in [5.41, 5.74) is 1.83. The summed E-state index contributed by atoms with van der Waals surface area (Å²) in [6.07, 6.45) is 6.13. The molecule has 3 amide bonds. The lowest BCUT2D eigenvalue weighted by Gasteiger charge is -2.26. The number of hydrogen-bond donors (Lipinski definition) is 2. The van der Waals surface area contributed by atoms with Gasteiger partial charge in [-0.3, -0.25) is 4.79 Å². The van der Waals surface area contributed by atoms with E-state index >= 15 is 0 Å². The minimum Gasteiger partial charge on any atom is -0.352 e. The second-order valence-electron chi connectivity index (χ2n) is 6.59. The quantitative estimate of drug-likeness (QED) is 0.900. The molecule has 124 valence electrons. The second kappa shape index (κ2) is 7.02. The fraction of sp³-hybridized carbons (Fsp3) is 0.556. The van der Waals surface area contributed by atoms with Gasteiger partial charge in [-0.1, -0.05) is 31.0 Å². The number of anilines is 1. The summed E-state index contributed by atoms with van der Waals surface area (Å²) in [4.78, 5) is 26.7. The number of urea groups is 1. The lowest BCUT2D eigenvalue weighted by Crippen LogP contribution is -2.49. The van der Waals surface area contributed by atoms with Crippen molar-refractivity contribution >= 4 is 17.6 Å². The molecule has 2 aliphatic rings. The Bertz CT molecular complexity index is 581. The van der Waals surface area contributed by atoms with Crippen molar-refractivity contribution in [3.05, 3.63) is 29.8 Å². The summed E-state index contributed by atoms with van der Waals surface area (Å²) in [5, 5.41) is 6.06. The predicted molar refractivity (Wildman–Crippen MR) is 90.3 cm³/mol. The van der Waals surface area contributed by atoms with E-state index in [1.807, 2.05) is 31.2 Å². The normalized spacial score (nSPS) is 21.4. The maximum Gasteiger partial charge on any atom is 0.322 e. The molecule has 0 radical (unpaired) electrons. The summed E-state index contributed by atoms with van der Waals surface area (Å²) in [7, 11) is 0. The molecule has 2 N–H and O–H groups in total. The topological polar surface area (TPSA) is 61.4 Å². The van der Waals surface area contributed by atoms with Crippen LogP contribution in [0.1, 0.15) is 44.1 Å². The van der Waals surface area contributed by atoms with E-state index in [9.17, 15) is 9.59 Å². The molecule has 0 spiro atoms. The smallest absolute Gasteiger partial charge is 0.322 e. The van der Waals surface area contributed by atoms with E-state index in [-0.39, 0.29) is 18.0 Å². The van der Waals surface area contributed by atoms with Gasteiger partial charge in [-0.2, -0.15) is 0 Å². The lowest BCUT2D eigenvalue weighted by molar-refractivity contribution is -0.125. The van der Waals surface area contributed by atoms with Crippen LogP contribution in [0.4, 0.5) is 10.5 Å². The van der Waals surface area contributed by atoms with Crippen molar-refractivity contribution in [2.24, 2.45) is 0 Å². The first kappa shape index (κ1) is 15.8. The SMILES string of the molecule is Cc1ccccc1NC(=O)N1CCC[C@@H]1C(=O)NC1CCCC1. The van der Waals surface area contributed by atoms with Gasteiger partial charge in [0.05, 0.1) is 0 Å². The van der Waals surface area contributed by atoms with Crippen molar-refractivity contribution < 1.29 is 9.59 Å². The molecule has 3 rings (SSSR count). The van der Waals surface area contributed by atoms with Crippen molar-refractivity contribution in [3.63, 3.8) is 0 Å². The number of rotatable bonds is 3. The summed E-state index contributed by atoms with van der Waals surface area (Å²) in [6.45, 7) is 2.60. The third kappa shape index (κ3) is 3.66. The molecule has 1 heterocycles. The molecule has 1 saturated heterocycles. The monoisotopic (exact) mass is 315 g/mol. The van der Waals surface area contributed by atoms with Gasteiger partial charge in [-0.15, -0.1) is 0 Å². The Morgan fingerprint density at radius 1 is 1.09 bits per heavy atom. The number of nitrogens with zero attached hydrogens (tertiary/aromatic N) is 1. The third-order valence-corrected chi connectivity index (χ3v) is 4.90. The highest BCUT2D eigenvalue weighted by Gasteiger charge is 2.35. The summed E-state index contributed by atoms with van der Waals surface area (Å²) < 4.78 is 0. The van der Waals surface area contributed by atoms with E-state index in [0.29, 0.717) is 12.6 Å². The molecule has 1 saturated carbocycles. The zero-order valence-electron chi connectivity index (χ0n) is 13.7. The Morgan fingerprint density at radius 3 is 2.57 bits per heavy atom. The number of hydrogen-bond acceptors (Lipinski definition) is 2. The number of nitrogens with one attached hydrogen (secondary N) is 2. The van der Waals surface area contributed by atoms with Gasteiger partial charge in [-0.25, -0.2) is 4.79 Å². The average molecular weight is 315 g/mol. The van der Waals surface area contributed by atoms with Crippen LogP contribution in [0.25, 0.3) is 0 Å². The molecule has 0 bridgehead atoms. The van der Waals surface area contributed by atoms with Crippen molar-refractivity contribution in [2.75, 3.05) is 11.9 Å². The van der Waals surface area contributed by atoms with E-state index < -0.39 is 0 Å². The van der Waals surface area contributed by atoms with Crippen molar-refractivity contribution in [1.29, 1.82) is 0 Å². The predicted octanol–water partition coefficient (Wildman–Crippen LogP) is 3.05. The number of likely N-dealkylation sites (tertiary alicyclic amines) is 1. The standard InChI is InChI=1S/C18H25N3O2/c1-13-7-2-5-10-15(13)20-18(23)21-12-6-11-16(21)17(22)19-14-8-3-4-9-14/h2,5,7,10,14,16H,3-4,6,8-9,11-12H2,1H3,(H,19,22)(H,20,23)/t16-/m1/s1. The zero-order valence-corrected chi connectivity index (χ0v) is 13.7. The van der Waals surface area contributed by atoms with Crippen LogP contribution in [0.2, 0.25) is 0 Å². The lowest BCUT2D eigenvalue weighted by atomic mass is 10.1. The van der Waals surface area contributed by atoms with Gasteiger partial charge in [0.2, 0.25) is 5.91 Å². The van der Waals surface area contributed by atoms with E-state index in [1.165, 1.54) is 12.8 Å². The number of carbonyl (C=O) groups is 2. The first-order valence-corrected chi connectivity index (χ1v) is 8.59. The number of aryl methyl sites for hydroxylation is 1. The highest BCUT2D eigenvalue weighted by atomic mass is 16.2. The molecule has 1 atom stereocenters. The molecule has 5 nitrogen and oxygen atoms in total. The van der Waals surface area contributed by atoms with Gasteiger partial charge in [0.15, 0.2) is 0 Å². The highest BCUT2D eigenvalue weighted by Crippen LogP contribution is 2.22. The molecule has 0 unspecified atom stereocenters. The van der Waals surface area contributed by atoms with Crippen LogP contribution >= 0.6 is 0 Å². The number of para-hydroxylation sites is 1. The first-order valence-electron chi connectivity index (χ1n) is 8.59. The Morgan fingerprint density at radius 2 is 1.83 bits per heavy atom. The van der Waals surface area contributed by atoms with Gasteiger partial charge >= 0.3 is 6.03 Å². The fourth-order valence-electron chi connectivity index (χ4n) is 3.55. The highest BCUT2D eigenvalue weighted by molar-refractivity contribution is 5.94. The molecule has 1 aliphatic carbocycles. The number of amides is 3. The third-order valence-electron chi connectivity index (χ3n) is 4.90. The van der Waals surface area contributed by atoms with Crippen LogP contribution in [0, 0.1) is 6.92 Å². The van der Waals surface area contributed by atoms with Crippen LogP contribution < -0.4 is 10.6 Å². The summed E-state index contributed by atoms with van der Waals surface area (Å²) >= 11 is 0. The Balaban J connectivity index is 1.62. The minimum absolute atomic E-state index is 0.00864. The molecule has 5 heteroatoms. The molecule has 1 aromatic carbocycles. The van der Waals surface area contributed by atoms with Crippen molar-refractivity contribution in [3.8, 4) is 0 Å². The summed E-state index contributed by atoms with van der Waals surface area (Å²) in [5.74, 6) is 0.00864. The van der Waals surface area contributed by atoms with Crippen molar-refractivity contribution in [1.82, 2.24) is 10.2 Å². The van der Waals surface area contributed by atoms with E-state index in [1.54, 1.807) is 4.90 Å².